The highest BCUT2D eigenvalue weighted by molar-refractivity contribution is 6.07. The average Bonchev–Trinajstić information content (AvgIpc) is 2.84. The molecule has 0 aromatic rings. The summed E-state index contributed by atoms with van der Waals surface area (Å²) in [6.45, 7) is 4.46. The summed E-state index contributed by atoms with van der Waals surface area (Å²) >= 11 is 0. The van der Waals surface area contributed by atoms with Crippen LogP contribution in [0.25, 0.3) is 0 Å². The lowest BCUT2D eigenvalue weighted by molar-refractivity contribution is -0.146. The third-order valence-corrected chi connectivity index (χ3v) is 4.34. The van der Waals surface area contributed by atoms with Crippen LogP contribution in [0.3, 0.4) is 0 Å². The topological polar surface area (TPSA) is 55.8 Å². The zero-order valence-electron chi connectivity index (χ0n) is 10.8. The highest BCUT2D eigenvalue weighted by Crippen LogP contribution is 2.56. The number of rotatable bonds is 3. The Morgan fingerprint density at radius 2 is 1.72 bits per heavy atom. The number of likely N-dealkylation sites (tertiary alicyclic amines) is 1. The van der Waals surface area contributed by atoms with E-state index >= 15 is 0 Å². The van der Waals surface area contributed by atoms with Crippen LogP contribution in [-0.2, 0) is 19.1 Å². The Morgan fingerprint density at radius 1 is 1.22 bits per heavy atom. The second-order valence-corrected chi connectivity index (χ2v) is 5.58. The molecule has 0 aromatic heterocycles. The predicted molar refractivity (Wildman–Crippen MR) is 62.6 cm³/mol. The summed E-state index contributed by atoms with van der Waals surface area (Å²) in [5, 5.41) is 0. The summed E-state index contributed by atoms with van der Waals surface area (Å²) in [6.07, 6.45) is 3.83. The number of fused-ring (bicyclic) bond motifs is 5. The molecule has 0 spiro atoms. The van der Waals surface area contributed by atoms with E-state index in [4.69, 9.17) is 9.47 Å². The molecule has 5 nitrogen and oxygen atoms in total. The highest BCUT2D eigenvalue weighted by Gasteiger charge is 2.70. The second-order valence-electron chi connectivity index (χ2n) is 5.58. The van der Waals surface area contributed by atoms with Crippen molar-refractivity contribution in [1.29, 1.82) is 0 Å². The molecule has 5 heteroatoms. The molecule has 2 bridgehead atoms. The molecular weight excluding hydrogens is 234 g/mol. The fraction of sp³-hybridized carbons (Fsp3) is 0.692. The second kappa shape index (κ2) is 3.42. The maximum Gasteiger partial charge on any atom is 0.236 e. The van der Waals surface area contributed by atoms with E-state index in [1.54, 1.807) is 7.11 Å². The normalized spacial score (nSPS) is 45.2. The van der Waals surface area contributed by atoms with Crippen LogP contribution in [0.15, 0.2) is 12.2 Å². The maximum absolute atomic E-state index is 12.4. The van der Waals surface area contributed by atoms with Gasteiger partial charge in [-0.15, -0.1) is 0 Å². The van der Waals surface area contributed by atoms with Crippen molar-refractivity contribution in [2.45, 2.75) is 25.0 Å². The van der Waals surface area contributed by atoms with Gasteiger partial charge in [0.15, 0.2) is 0 Å². The van der Waals surface area contributed by atoms with Crippen molar-refractivity contribution in [2.24, 2.45) is 11.8 Å². The summed E-state index contributed by atoms with van der Waals surface area (Å²) in [5.41, 5.74) is -1.26. The minimum absolute atomic E-state index is 0.127. The van der Waals surface area contributed by atoms with Gasteiger partial charge in [-0.3, -0.25) is 14.5 Å². The van der Waals surface area contributed by atoms with E-state index in [9.17, 15) is 9.59 Å². The van der Waals surface area contributed by atoms with E-state index in [0.29, 0.717) is 13.2 Å². The van der Waals surface area contributed by atoms with Crippen molar-refractivity contribution in [2.75, 3.05) is 20.3 Å². The Labute approximate surface area is 106 Å². The summed E-state index contributed by atoms with van der Waals surface area (Å²) in [5.74, 6) is -1.01. The van der Waals surface area contributed by atoms with Crippen LogP contribution in [0.5, 0.6) is 0 Å². The number of ether oxygens (including phenoxy) is 2. The molecule has 98 valence electrons. The highest BCUT2D eigenvalue weighted by atomic mass is 16.5. The minimum atomic E-state index is -0.631. The van der Waals surface area contributed by atoms with E-state index in [0.717, 1.165) is 0 Å². The first-order valence-electron chi connectivity index (χ1n) is 6.18. The van der Waals surface area contributed by atoms with E-state index < -0.39 is 11.2 Å². The van der Waals surface area contributed by atoms with Crippen molar-refractivity contribution < 1.29 is 19.1 Å². The van der Waals surface area contributed by atoms with Gasteiger partial charge in [0, 0.05) is 7.11 Å². The number of hydrogen-bond donors (Lipinski definition) is 0. The van der Waals surface area contributed by atoms with E-state index in [-0.39, 0.29) is 23.7 Å². The molecule has 3 aliphatic rings. The smallest absolute Gasteiger partial charge is 0.236 e. The third kappa shape index (κ3) is 1.23. The van der Waals surface area contributed by atoms with E-state index in [1.165, 1.54) is 4.90 Å². The van der Waals surface area contributed by atoms with Crippen molar-refractivity contribution in [3.8, 4) is 0 Å². The Bertz CT molecular complexity index is 424. The van der Waals surface area contributed by atoms with Gasteiger partial charge < -0.3 is 9.47 Å². The van der Waals surface area contributed by atoms with Crippen LogP contribution in [-0.4, -0.2) is 48.2 Å². The Hall–Kier alpha value is -1.20. The summed E-state index contributed by atoms with van der Waals surface area (Å²) in [4.78, 5) is 26.1. The monoisotopic (exact) mass is 251 g/mol. The molecule has 0 aliphatic carbocycles. The predicted octanol–water partition coefficient (Wildman–Crippen LogP) is 0.351. The van der Waals surface area contributed by atoms with Gasteiger partial charge in [0.1, 0.15) is 0 Å². The van der Waals surface area contributed by atoms with Gasteiger partial charge in [0.25, 0.3) is 0 Å². The van der Waals surface area contributed by atoms with Crippen molar-refractivity contribution in [3.05, 3.63) is 12.2 Å². The largest absolute Gasteiger partial charge is 0.383 e. The van der Waals surface area contributed by atoms with Gasteiger partial charge in [0.2, 0.25) is 11.8 Å². The zero-order chi connectivity index (χ0) is 13.1. The maximum atomic E-state index is 12.4. The van der Waals surface area contributed by atoms with Crippen LogP contribution in [0, 0.1) is 11.8 Å². The molecule has 0 N–H and O–H groups in total. The van der Waals surface area contributed by atoms with Gasteiger partial charge >= 0.3 is 0 Å². The number of hydrogen-bond acceptors (Lipinski definition) is 4. The molecule has 2 fully saturated rings. The fourth-order valence-electron chi connectivity index (χ4n) is 3.49. The van der Waals surface area contributed by atoms with Gasteiger partial charge in [-0.25, -0.2) is 0 Å². The zero-order valence-corrected chi connectivity index (χ0v) is 10.8. The molecule has 18 heavy (non-hydrogen) atoms. The number of carbonyl (C=O) groups excluding carboxylic acids is 2. The van der Waals surface area contributed by atoms with Crippen LogP contribution in [0.1, 0.15) is 13.8 Å². The van der Waals surface area contributed by atoms with E-state index in [1.807, 2.05) is 26.0 Å². The molecular formula is C13H17NO4. The summed E-state index contributed by atoms with van der Waals surface area (Å²) in [7, 11) is 1.56. The number of amides is 2. The fourth-order valence-corrected chi connectivity index (χ4v) is 3.49. The first kappa shape index (κ1) is 11.9. The third-order valence-electron chi connectivity index (χ3n) is 4.34. The first-order chi connectivity index (χ1) is 8.43. The molecule has 0 aromatic carbocycles. The number of imide groups is 1. The van der Waals surface area contributed by atoms with Crippen molar-refractivity contribution in [3.63, 3.8) is 0 Å². The Kier molecular flexibility index (Phi) is 2.26. The molecule has 3 heterocycles. The van der Waals surface area contributed by atoms with Crippen molar-refractivity contribution in [1.82, 2.24) is 4.90 Å². The van der Waals surface area contributed by atoms with Crippen molar-refractivity contribution >= 4 is 11.8 Å². The molecule has 0 radical (unpaired) electrons. The van der Waals surface area contributed by atoms with Gasteiger partial charge in [-0.2, -0.15) is 0 Å². The number of methoxy groups -OCH3 is 1. The summed E-state index contributed by atoms with van der Waals surface area (Å²) in [6, 6.07) is 0. The molecule has 3 rings (SSSR count). The first-order valence-corrected chi connectivity index (χ1v) is 6.18. The molecule has 2 saturated heterocycles. The average molecular weight is 251 g/mol. The number of nitrogens with zero attached hydrogens (tertiary/aromatic N) is 1. The molecule has 2 amide bonds. The number of carbonyl (C=O) groups is 2. The van der Waals surface area contributed by atoms with Crippen LogP contribution < -0.4 is 0 Å². The SMILES string of the molecule is COCCN1C(=O)[C@@H]2[C@H](C1=O)C1(C)C=CC2(C)O1. The van der Waals surface area contributed by atoms with E-state index in [2.05, 4.69) is 0 Å². The lowest BCUT2D eigenvalue weighted by Gasteiger charge is -2.25. The Morgan fingerprint density at radius 3 is 2.17 bits per heavy atom. The van der Waals surface area contributed by atoms with Crippen LogP contribution >= 0.6 is 0 Å². The molecule has 3 aliphatic heterocycles. The molecule has 4 atom stereocenters. The van der Waals surface area contributed by atoms with Gasteiger partial charge in [-0.1, -0.05) is 12.2 Å². The molecule has 0 saturated carbocycles. The lowest BCUT2D eigenvalue weighted by atomic mass is 9.73. The Balaban J connectivity index is 1.95. The van der Waals surface area contributed by atoms with Gasteiger partial charge in [-0.05, 0) is 13.8 Å². The summed E-state index contributed by atoms with van der Waals surface area (Å²) < 4.78 is 10.8. The quantitative estimate of drug-likeness (QED) is 0.536. The van der Waals surface area contributed by atoms with Crippen LogP contribution in [0.4, 0.5) is 0 Å². The van der Waals surface area contributed by atoms with Gasteiger partial charge in [0.05, 0.1) is 36.2 Å². The lowest BCUT2D eigenvalue weighted by Crippen LogP contribution is -2.40. The minimum Gasteiger partial charge on any atom is -0.383 e. The standard InChI is InChI=1S/C13H17NO4/c1-12-4-5-13(2,18-12)9-8(12)10(15)14(11(9)16)6-7-17-3/h4-5,8-9H,6-7H2,1-3H3/t8-,9+,12?,13?. The molecule has 2 unspecified atom stereocenters. The van der Waals surface area contributed by atoms with Crippen LogP contribution in [0.2, 0.25) is 0 Å².